The molecule has 8 nitrogen and oxygen atoms in total. The number of ether oxygens (including phenoxy) is 1. The fourth-order valence-corrected chi connectivity index (χ4v) is 5.66. The molecule has 2 heterocycles. The molecule has 0 radical (unpaired) electrons. The van der Waals surface area contributed by atoms with Crippen molar-refractivity contribution in [2.45, 2.75) is 18.4 Å². The molecule has 1 aliphatic rings. The molecule has 2 aromatic carbocycles. The van der Waals surface area contributed by atoms with E-state index < -0.39 is 10.0 Å². The SMILES string of the molecule is CCOc1ccccc1-c1noc(CN2CCN(S(=O)(=O)c3cccc(Cl)c3Cl)CC2)n1. The van der Waals surface area contributed by atoms with Gasteiger partial charge in [-0.25, -0.2) is 8.42 Å². The van der Waals surface area contributed by atoms with Crippen molar-refractivity contribution >= 4 is 33.2 Å². The van der Waals surface area contributed by atoms with Crippen molar-refractivity contribution in [3.05, 3.63) is 58.4 Å². The number of nitrogens with zero attached hydrogens (tertiary/aromatic N) is 4. The Kier molecular flexibility index (Phi) is 7.02. The summed E-state index contributed by atoms with van der Waals surface area (Å²) in [7, 11) is -3.73. The van der Waals surface area contributed by atoms with Gasteiger partial charge < -0.3 is 9.26 Å². The summed E-state index contributed by atoms with van der Waals surface area (Å²) in [4.78, 5) is 6.58. The number of para-hydroxylation sites is 1. The van der Waals surface area contributed by atoms with E-state index in [4.69, 9.17) is 32.5 Å². The molecule has 0 bridgehead atoms. The van der Waals surface area contributed by atoms with Crippen molar-refractivity contribution in [1.29, 1.82) is 0 Å². The minimum atomic E-state index is -3.73. The Hall–Kier alpha value is -2.17. The number of piperazine rings is 1. The van der Waals surface area contributed by atoms with Gasteiger partial charge in [0.15, 0.2) is 0 Å². The predicted molar refractivity (Wildman–Crippen MR) is 121 cm³/mol. The van der Waals surface area contributed by atoms with Crippen LogP contribution in [0.4, 0.5) is 0 Å². The summed E-state index contributed by atoms with van der Waals surface area (Å²) in [5, 5.41) is 4.34. The number of hydrogen-bond donors (Lipinski definition) is 0. The van der Waals surface area contributed by atoms with Crippen molar-refractivity contribution in [1.82, 2.24) is 19.3 Å². The zero-order chi connectivity index (χ0) is 22.7. The molecular formula is C21H22Cl2N4O4S. The number of sulfonamides is 1. The fourth-order valence-electron chi connectivity index (χ4n) is 3.50. The molecule has 4 rings (SSSR count). The maximum absolute atomic E-state index is 13.0. The molecule has 170 valence electrons. The fraction of sp³-hybridized carbons (Fsp3) is 0.333. The molecule has 3 aromatic rings. The van der Waals surface area contributed by atoms with Gasteiger partial charge in [0, 0.05) is 26.2 Å². The largest absolute Gasteiger partial charge is 0.493 e. The molecular weight excluding hydrogens is 475 g/mol. The number of halogens is 2. The first-order valence-corrected chi connectivity index (χ1v) is 12.3. The van der Waals surface area contributed by atoms with Gasteiger partial charge in [-0.15, -0.1) is 0 Å². The Morgan fingerprint density at radius 3 is 2.56 bits per heavy atom. The summed E-state index contributed by atoms with van der Waals surface area (Å²) in [5.41, 5.74) is 0.763. The first kappa shape index (κ1) is 23.0. The normalized spacial score (nSPS) is 15.7. The van der Waals surface area contributed by atoms with E-state index in [0.29, 0.717) is 56.8 Å². The molecule has 0 spiro atoms. The molecule has 1 aromatic heterocycles. The number of rotatable bonds is 7. The predicted octanol–water partition coefficient (Wildman–Crippen LogP) is 3.95. The second-order valence-corrected chi connectivity index (χ2v) is 9.86. The third-order valence-corrected chi connectivity index (χ3v) is 7.99. The third kappa shape index (κ3) is 4.77. The van der Waals surface area contributed by atoms with E-state index in [1.165, 1.54) is 10.4 Å². The second-order valence-electron chi connectivity index (χ2n) is 7.17. The highest BCUT2D eigenvalue weighted by atomic mass is 35.5. The van der Waals surface area contributed by atoms with Crippen LogP contribution in [-0.4, -0.2) is 60.5 Å². The smallest absolute Gasteiger partial charge is 0.244 e. The standard InChI is InChI=1S/C21H22Cl2N4O4S/c1-2-30-17-8-4-3-6-15(17)21-24-19(31-25-21)14-26-10-12-27(13-11-26)32(28,29)18-9-5-7-16(22)20(18)23/h3-9H,2,10-14H2,1H3. The highest BCUT2D eigenvalue weighted by Crippen LogP contribution is 2.31. The highest BCUT2D eigenvalue weighted by molar-refractivity contribution is 7.89. The van der Waals surface area contributed by atoms with Gasteiger partial charge in [-0.3, -0.25) is 4.90 Å². The quantitative estimate of drug-likeness (QED) is 0.489. The minimum absolute atomic E-state index is 0.0228. The number of hydrogen-bond acceptors (Lipinski definition) is 7. The Balaban J connectivity index is 1.41. The van der Waals surface area contributed by atoms with Crippen LogP contribution in [-0.2, 0) is 16.6 Å². The highest BCUT2D eigenvalue weighted by Gasteiger charge is 2.31. The molecule has 1 saturated heterocycles. The molecule has 0 N–H and O–H groups in total. The molecule has 0 saturated carbocycles. The zero-order valence-electron chi connectivity index (χ0n) is 17.4. The zero-order valence-corrected chi connectivity index (χ0v) is 19.7. The lowest BCUT2D eigenvalue weighted by Gasteiger charge is -2.33. The molecule has 0 aliphatic carbocycles. The topological polar surface area (TPSA) is 88.8 Å². The molecule has 1 aliphatic heterocycles. The molecule has 32 heavy (non-hydrogen) atoms. The Morgan fingerprint density at radius 1 is 1.06 bits per heavy atom. The maximum atomic E-state index is 13.0. The van der Waals surface area contributed by atoms with Gasteiger partial charge in [0.1, 0.15) is 10.6 Å². The summed E-state index contributed by atoms with van der Waals surface area (Å²) >= 11 is 12.1. The van der Waals surface area contributed by atoms with E-state index >= 15 is 0 Å². The van der Waals surface area contributed by atoms with Crippen molar-refractivity contribution in [3.8, 4) is 17.1 Å². The van der Waals surface area contributed by atoms with E-state index in [0.717, 1.165) is 5.56 Å². The van der Waals surface area contributed by atoms with Gasteiger partial charge >= 0.3 is 0 Å². The summed E-state index contributed by atoms with van der Waals surface area (Å²) < 4.78 is 38.4. The Morgan fingerprint density at radius 2 is 1.81 bits per heavy atom. The van der Waals surface area contributed by atoms with Crippen LogP contribution in [0.2, 0.25) is 10.0 Å². The van der Waals surface area contributed by atoms with Crippen LogP contribution in [0.15, 0.2) is 51.9 Å². The van der Waals surface area contributed by atoms with Gasteiger partial charge in [0.25, 0.3) is 0 Å². The molecule has 11 heteroatoms. The van der Waals surface area contributed by atoms with Gasteiger partial charge in [0.05, 0.1) is 28.8 Å². The Bertz CT molecular complexity index is 1190. The average molecular weight is 497 g/mol. The van der Waals surface area contributed by atoms with Crippen LogP contribution >= 0.6 is 23.2 Å². The lowest BCUT2D eigenvalue weighted by atomic mass is 10.2. The van der Waals surface area contributed by atoms with E-state index in [1.54, 1.807) is 12.1 Å². The van der Waals surface area contributed by atoms with Crippen molar-refractivity contribution < 1.29 is 17.7 Å². The number of aromatic nitrogens is 2. The minimum Gasteiger partial charge on any atom is -0.493 e. The van der Waals surface area contributed by atoms with Crippen LogP contribution in [0.3, 0.4) is 0 Å². The van der Waals surface area contributed by atoms with Crippen molar-refractivity contribution in [3.63, 3.8) is 0 Å². The lowest BCUT2D eigenvalue weighted by Crippen LogP contribution is -2.48. The summed E-state index contributed by atoms with van der Waals surface area (Å²) in [6.07, 6.45) is 0. The molecule has 1 fully saturated rings. The van der Waals surface area contributed by atoms with Crippen LogP contribution in [0, 0.1) is 0 Å². The van der Waals surface area contributed by atoms with Crippen LogP contribution in [0.25, 0.3) is 11.4 Å². The van der Waals surface area contributed by atoms with Crippen LogP contribution in [0.5, 0.6) is 5.75 Å². The van der Waals surface area contributed by atoms with E-state index in [2.05, 4.69) is 15.0 Å². The first-order chi connectivity index (χ1) is 15.4. The first-order valence-electron chi connectivity index (χ1n) is 10.1. The third-order valence-electron chi connectivity index (χ3n) is 5.12. The van der Waals surface area contributed by atoms with Crippen molar-refractivity contribution in [2.24, 2.45) is 0 Å². The summed E-state index contributed by atoms with van der Waals surface area (Å²) in [5.74, 6) is 1.61. The van der Waals surface area contributed by atoms with Gasteiger partial charge in [0.2, 0.25) is 21.7 Å². The van der Waals surface area contributed by atoms with Crippen LogP contribution < -0.4 is 4.74 Å². The van der Waals surface area contributed by atoms with Gasteiger partial charge in [-0.2, -0.15) is 9.29 Å². The number of benzene rings is 2. The van der Waals surface area contributed by atoms with Crippen molar-refractivity contribution in [2.75, 3.05) is 32.8 Å². The average Bonchev–Trinajstić information content (AvgIpc) is 3.25. The van der Waals surface area contributed by atoms with E-state index in [1.807, 2.05) is 31.2 Å². The van der Waals surface area contributed by atoms with E-state index in [9.17, 15) is 8.42 Å². The molecule has 0 atom stereocenters. The molecule has 0 unspecified atom stereocenters. The van der Waals surface area contributed by atoms with Crippen LogP contribution in [0.1, 0.15) is 12.8 Å². The van der Waals surface area contributed by atoms with Gasteiger partial charge in [-0.05, 0) is 31.2 Å². The Labute approximate surface area is 196 Å². The second kappa shape index (κ2) is 9.76. The summed E-state index contributed by atoms with van der Waals surface area (Å²) in [6.45, 7) is 4.55. The monoisotopic (exact) mass is 496 g/mol. The maximum Gasteiger partial charge on any atom is 0.244 e. The van der Waals surface area contributed by atoms with Gasteiger partial charge in [-0.1, -0.05) is 46.6 Å². The summed E-state index contributed by atoms with van der Waals surface area (Å²) in [6, 6.07) is 12.1. The lowest BCUT2D eigenvalue weighted by molar-refractivity contribution is 0.163. The van der Waals surface area contributed by atoms with E-state index in [-0.39, 0.29) is 14.9 Å². The molecule has 0 amide bonds.